The van der Waals surface area contributed by atoms with Gasteiger partial charge in [0.2, 0.25) is 0 Å². The molecule has 0 fully saturated rings. The third-order valence-electron chi connectivity index (χ3n) is 4.76. The van der Waals surface area contributed by atoms with Crippen LogP contribution in [-0.2, 0) is 12.7 Å². The predicted molar refractivity (Wildman–Crippen MR) is 106 cm³/mol. The first-order valence-corrected chi connectivity index (χ1v) is 9.29. The molecule has 0 heterocycles. The Hall–Kier alpha value is -3.00. The average Bonchev–Trinajstić information content (AvgIpc) is 2.73. The Bertz CT molecular complexity index is 997. The zero-order valence-corrected chi connectivity index (χ0v) is 16.4. The van der Waals surface area contributed by atoms with Gasteiger partial charge in [0.1, 0.15) is 11.8 Å². The standard InChI is InChI=1S/C23H19F6NO/c1-31-20-12-7-15(13-19(20)16-8-10-18(11-9-16)22(24,25)26)14-30-21(23(27,28)29)17-5-3-2-4-6-17/h2-13,21,30H,14H2,1H3. The van der Waals surface area contributed by atoms with E-state index in [1.807, 2.05) is 0 Å². The highest BCUT2D eigenvalue weighted by atomic mass is 19.4. The largest absolute Gasteiger partial charge is 0.496 e. The van der Waals surface area contributed by atoms with Crippen LogP contribution >= 0.6 is 0 Å². The van der Waals surface area contributed by atoms with E-state index in [0.29, 0.717) is 22.4 Å². The highest BCUT2D eigenvalue weighted by Gasteiger charge is 2.40. The van der Waals surface area contributed by atoms with E-state index < -0.39 is 24.0 Å². The number of rotatable bonds is 6. The molecule has 1 unspecified atom stereocenters. The second kappa shape index (κ2) is 9.01. The molecule has 0 spiro atoms. The minimum Gasteiger partial charge on any atom is -0.496 e. The Morgan fingerprint density at radius 1 is 0.839 bits per heavy atom. The molecule has 0 radical (unpaired) electrons. The van der Waals surface area contributed by atoms with Crippen LogP contribution in [-0.4, -0.2) is 13.3 Å². The summed E-state index contributed by atoms with van der Waals surface area (Å²) in [6.07, 6.45) is -8.96. The number of halogens is 6. The highest BCUT2D eigenvalue weighted by molar-refractivity contribution is 5.71. The smallest absolute Gasteiger partial charge is 0.416 e. The van der Waals surface area contributed by atoms with Gasteiger partial charge in [-0.1, -0.05) is 48.5 Å². The second-order valence-electron chi connectivity index (χ2n) is 6.88. The van der Waals surface area contributed by atoms with Gasteiger partial charge in [-0.05, 0) is 41.0 Å². The van der Waals surface area contributed by atoms with Gasteiger partial charge < -0.3 is 4.74 Å². The van der Waals surface area contributed by atoms with Crippen LogP contribution in [0.5, 0.6) is 5.75 Å². The molecular formula is C23H19F6NO. The summed E-state index contributed by atoms with van der Waals surface area (Å²) in [6.45, 7) is -0.100. The minimum absolute atomic E-state index is 0.0893. The summed E-state index contributed by atoms with van der Waals surface area (Å²) in [7, 11) is 1.41. The van der Waals surface area contributed by atoms with Crippen molar-refractivity contribution in [1.82, 2.24) is 5.32 Å². The molecule has 0 aromatic heterocycles. The molecule has 1 N–H and O–H groups in total. The third kappa shape index (κ3) is 5.58. The van der Waals surface area contributed by atoms with Gasteiger partial charge in [0.05, 0.1) is 12.7 Å². The van der Waals surface area contributed by atoms with E-state index in [9.17, 15) is 26.3 Å². The van der Waals surface area contributed by atoms with Gasteiger partial charge in [-0.15, -0.1) is 0 Å². The summed E-state index contributed by atoms with van der Waals surface area (Å²) >= 11 is 0. The average molecular weight is 439 g/mol. The van der Waals surface area contributed by atoms with Crippen molar-refractivity contribution < 1.29 is 31.1 Å². The maximum Gasteiger partial charge on any atom is 0.416 e. The third-order valence-corrected chi connectivity index (χ3v) is 4.76. The van der Waals surface area contributed by atoms with Crippen molar-refractivity contribution in [1.29, 1.82) is 0 Å². The van der Waals surface area contributed by atoms with Crippen LogP contribution in [0.1, 0.15) is 22.7 Å². The van der Waals surface area contributed by atoms with Crippen molar-refractivity contribution in [3.05, 3.63) is 89.5 Å². The van der Waals surface area contributed by atoms with E-state index in [1.165, 1.54) is 43.5 Å². The number of nitrogens with one attached hydrogen (secondary N) is 1. The molecule has 2 nitrogen and oxygen atoms in total. The fourth-order valence-corrected chi connectivity index (χ4v) is 3.22. The molecule has 1 atom stereocenters. The lowest BCUT2D eigenvalue weighted by Gasteiger charge is -2.22. The zero-order chi connectivity index (χ0) is 22.6. The monoisotopic (exact) mass is 439 g/mol. The summed E-state index contributed by atoms with van der Waals surface area (Å²) in [5, 5.41) is 2.52. The summed E-state index contributed by atoms with van der Waals surface area (Å²) in [6, 6.07) is 14.9. The van der Waals surface area contributed by atoms with Crippen LogP contribution in [0.25, 0.3) is 11.1 Å². The molecule has 0 amide bonds. The number of hydrogen-bond acceptors (Lipinski definition) is 2. The molecule has 164 valence electrons. The van der Waals surface area contributed by atoms with Crippen LogP contribution in [0.15, 0.2) is 72.8 Å². The van der Waals surface area contributed by atoms with Gasteiger partial charge in [0.15, 0.2) is 0 Å². The number of benzene rings is 3. The Kier molecular flexibility index (Phi) is 6.59. The maximum atomic E-state index is 13.5. The van der Waals surface area contributed by atoms with Crippen LogP contribution in [0.3, 0.4) is 0 Å². The number of ether oxygens (including phenoxy) is 1. The van der Waals surface area contributed by atoms with Crippen molar-refractivity contribution in [3.8, 4) is 16.9 Å². The van der Waals surface area contributed by atoms with Gasteiger partial charge in [-0.3, -0.25) is 5.32 Å². The molecule has 8 heteroatoms. The number of hydrogen-bond donors (Lipinski definition) is 1. The van der Waals surface area contributed by atoms with Gasteiger partial charge in [-0.2, -0.15) is 26.3 Å². The normalized spacial score (nSPS) is 13.1. The van der Waals surface area contributed by atoms with E-state index in [2.05, 4.69) is 5.32 Å². The molecule has 0 aliphatic heterocycles. The summed E-state index contributed by atoms with van der Waals surface area (Å²) in [5.74, 6) is 0.402. The van der Waals surface area contributed by atoms with Gasteiger partial charge in [-0.25, -0.2) is 0 Å². The molecule has 0 saturated heterocycles. The SMILES string of the molecule is COc1ccc(CNC(c2ccccc2)C(F)(F)F)cc1-c1ccc(C(F)(F)F)cc1. The van der Waals surface area contributed by atoms with Gasteiger partial charge >= 0.3 is 12.4 Å². The van der Waals surface area contributed by atoms with Crippen molar-refractivity contribution in [3.63, 3.8) is 0 Å². The van der Waals surface area contributed by atoms with E-state index in [1.54, 1.807) is 24.3 Å². The Balaban J connectivity index is 1.86. The Morgan fingerprint density at radius 2 is 1.48 bits per heavy atom. The first-order chi connectivity index (χ1) is 14.6. The van der Waals surface area contributed by atoms with Crippen molar-refractivity contribution >= 4 is 0 Å². The lowest BCUT2D eigenvalue weighted by Crippen LogP contribution is -2.33. The molecule has 31 heavy (non-hydrogen) atoms. The topological polar surface area (TPSA) is 21.3 Å². The molecule has 0 saturated carbocycles. The lowest BCUT2D eigenvalue weighted by atomic mass is 10.00. The summed E-state index contributed by atoms with van der Waals surface area (Å²) in [4.78, 5) is 0. The van der Waals surface area contributed by atoms with Crippen LogP contribution in [0, 0.1) is 0 Å². The van der Waals surface area contributed by atoms with E-state index in [-0.39, 0.29) is 12.1 Å². The van der Waals surface area contributed by atoms with Crippen LogP contribution in [0.4, 0.5) is 26.3 Å². The number of methoxy groups -OCH3 is 1. The van der Waals surface area contributed by atoms with E-state index >= 15 is 0 Å². The lowest BCUT2D eigenvalue weighted by molar-refractivity contribution is -0.158. The number of alkyl halides is 6. The quantitative estimate of drug-likeness (QED) is 0.428. The van der Waals surface area contributed by atoms with Gasteiger partial charge in [0, 0.05) is 12.1 Å². The van der Waals surface area contributed by atoms with Gasteiger partial charge in [0.25, 0.3) is 0 Å². The predicted octanol–water partition coefficient (Wildman–Crippen LogP) is 6.77. The Labute approximate surface area is 175 Å². The first kappa shape index (κ1) is 22.7. The van der Waals surface area contributed by atoms with Crippen molar-refractivity contribution in [2.45, 2.75) is 24.9 Å². The van der Waals surface area contributed by atoms with E-state index in [0.717, 1.165) is 12.1 Å². The fraction of sp³-hybridized carbons (Fsp3) is 0.217. The molecule has 0 aliphatic carbocycles. The van der Waals surface area contributed by atoms with E-state index in [4.69, 9.17) is 4.74 Å². The maximum absolute atomic E-state index is 13.5. The first-order valence-electron chi connectivity index (χ1n) is 9.29. The fourth-order valence-electron chi connectivity index (χ4n) is 3.22. The molecule has 0 bridgehead atoms. The molecule has 3 aromatic carbocycles. The molecule has 3 aromatic rings. The molecule has 3 rings (SSSR count). The Morgan fingerprint density at radius 3 is 2.03 bits per heavy atom. The highest BCUT2D eigenvalue weighted by Crippen LogP contribution is 2.36. The van der Waals surface area contributed by atoms with Crippen molar-refractivity contribution in [2.24, 2.45) is 0 Å². The summed E-state index contributed by atoms with van der Waals surface area (Å²) in [5.41, 5.74) is 0.775. The van der Waals surface area contributed by atoms with Crippen LogP contribution < -0.4 is 10.1 Å². The van der Waals surface area contributed by atoms with Crippen LogP contribution in [0.2, 0.25) is 0 Å². The zero-order valence-electron chi connectivity index (χ0n) is 16.4. The summed E-state index contributed by atoms with van der Waals surface area (Å²) < 4.78 is 84.3. The molecular weight excluding hydrogens is 420 g/mol. The van der Waals surface area contributed by atoms with Crippen molar-refractivity contribution in [2.75, 3.05) is 7.11 Å². The minimum atomic E-state index is -4.50. The molecule has 0 aliphatic rings. The second-order valence-corrected chi connectivity index (χ2v) is 6.88.